The number of nitrogens with zero attached hydrogens (tertiary/aromatic N) is 2. The predicted molar refractivity (Wildman–Crippen MR) is 117 cm³/mol. The van der Waals surface area contributed by atoms with E-state index >= 15 is 0 Å². The maximum atomic E-state index is 12.5. The molecule has 0 saturated carbocycles. The van der Waals surface area contributed by atoms with Gasteiger partial charge in [-0.15, -0.1) is 0 Å². The second kappa shape index (κ2) is 10.8. The molecule has 4 nitrogen and oxygen atoms in total. The summed E-state index contributed by atoms with van der Waals surface area (Å²) in [5.74, 6) is 0.431. The Bertz CT molecular complexity index is 778. The quantitative estimate of drug-likeness (QED) is 0.681. The van der Waals surface area contributed by atoms with E-state index in [2.05, 4.69) is 43.3 Å². The highest BCUT2D eigenvalue weighted by atomic mass is 16.2. The molecule has 0 aromatic heterocycles. The molecule has 0 spiro atoms. The molecule has 1 saturated heterocycles. The van der Waals surface area contributed by atoms with Crippen molar-refractivity contribution < 1.29 is 9.59 Å². The molecule has 0 radical (unpaired) electrons. The van der Waals surface area contributed by atoms with Crippen molar-refractivity contribution in [3.8, 4) is 0 Å². The number of rotatable bonds is 8. The summed E-state index contributed by atoms with van der Waals surface area (Å²) < 4.78 is 0. The Labute approximate surface area is 174 Å². The van der Waals surface area contributed by atoms with Gasteiger partial charge in [-0.25, -0.2) is 0 Å². The van der Waals surface area contributed by atoms with Crippen molar-refractivity contribution in [2.75, 3.05) is 26.2 Å². The van der Waals surface area contributed by atoms with Crippen LogP contribution in [0.15, 0.2) is 54.6 Å². The summed E-state index contributed by atoms with van der Waals surface area (Å²) >= 11 is 0. The molecule has 4 heteroatoms. The Kier molecular flexibility index (Phi) is 7.85. The van der Waals surface area contributed by atoms with E-state index in [0.29, 0.717) is 39.0 Å². The zero-order valence-electron chi connectivity index (χ0n) is 17.5. The lowest BCUT2D eigenvalue weighted by atomic mass is 10.1. The topological polar surface area (TPSA) is 40.6 Å². The SMILES string of the molecule is Cc1ccc(CCCC(=O)N2CCN(C(=O)CCCc3ccccc3)CC2)cc1. The largest absolute Gasteiger partial charge is 0.339 e. The van der Waals surface area contributed by atoms with Gasteiger partial charge in [0.25, 0.3) is 0 Å². The van der Waals surface area contributed by atoms with Crippen molar-refractivity contribution in [3.63, 3.8) is 0 Å². The number of benzene rings is 2. The number of carbonyl (C=O) groups excluding carboxylic acids is 2. The third kappa shape index (κ3) is 6.74. The van der Waals surface area contributed by atoms with Crippen LogP contribution in [0.4, 0.5) is 0 Å². The third-order valence-electron chi connectivity index (χ3n) is 5.66. The van der Waals surface area contributed by atoms with E-state index in [1.54, 1.807) is 0 Å². The van der Waals surface area contributed by atoms with Gasteiger partial charge in [0.1, 0.15) is 0 Å². The van der Waals surface area contributed by atoms with Gasteiger partial charge in [0.2, 0.25) is 11.8 Å². The fraction of sp³-hybridized carbons (Fsp3) is 0.440. The molecule has 0 bridgehead atoms. The van der Waals surface area contributed by atoms with Gasteiger partial charge in [0, 0.05) is 39.0 Å². The van der Waals surface area contributed by atoms with Crippen molar-refractivity contribution in [2.24, 2.45) is 0 Å². The molecular weight excluding hydrogens is 360 g/mol. The van der Waals surface area contributed by atoms with Crippen LogP contribution < -0.4 is 0 Å². The van der Waals surface area contributed by atoms with E-state index in [4.69, 9.17) is 0 Å². The average molecular weight is 393 g/mol. The highest BCUT2D eigenvalue weighted by Gasteiger charge is 2.23. The van der Waals surface area contributed by atoms with Crippen LogP contribution in [0, 0.1) is 6.92 Å². The first-order valence-corrected chi connectivity index (χ1v) is 10.8. The Hall–Kier alpha value is -2.62. The number of aryl methyl sites for hydroxylation is 3. The van der Waals surface area contributed by atoms with Crippen molar-refractivity contribution in [1.82, 2.24) is 9.80 Å². The van der Waals surface area contributed by atoms with Crippen molar-refractivity contribution in [3.05, 3.63) is 71.3 Å². The first-order chi connectivity index (χ1) is 14.1. The second-order valence-electron chi connectivity index (χ2n) is 7.94. The highest BCUT2D eigenvalue weighted by Crippen LogP contribution is 2.12. The van der Waals surface area contributed by atoms with Crippen molar-refractivity contribution in [2.45, 2.75) is 45.4 Å². The Morgan fingerprint density at radius 3 is 1.62 bits per heavy atom. The van der Waals surface area contributed by atoms with Gasteiger partial charge < -0.3 is 9.80 Å². The Balaban J connectivity index is 1.32. The number of hydrogen-bond acceptors (Lipinski definition) is 2. The van der Waals surface area contributed by atoms with Crippen LogP contribution >= 0.6 is 0 Å². The fourth-order valence-electron chi connectivity index (χ4n) is 3.81. The van der Waals surface area contributed by atoms with Gasteiger partial charge in [0.15, 0.2) is 0 Å². The summed E-state index contributed by atoms with van der Waals surface area (Å²) in [6.45, 7) is 4.73. The average Bonchev–Trinajstić information content (AvgIpc) is 2.76. The zero-order valence-corrected chi connectivity index (χ0v) is 17.5. The molecule has 154 valence electrons. The summed E-state index contributed by atoms with van der Waals surface area (Å²) in [6, 6.07) is 18.8. The molecule has 2 aromatic carbocycles. The molecule has 0 N–H and O–H groups in total. The molecule has 0 atom stereocenters. The van der Waals surface area contributed by atoms with Crippen LogP contribution in [0.1, 0.15) is 42.4 Å². The maximum Gasteiger partial charge on any atom is 0.222 e. The minimum atomic E-state index is 0.215. The van der Waals surface area contributed by atoms with Crippen LogP contribution in [0.2, 0.25) is 0 Å². The second-order valence-corrected chi connectivity index (χ2v) is 7.94. The summed E-state index contributed by atoms with van der Waals surface area (Å²) in [6.07, 6.45) is 4.79. The number of piperazine rings is 1. The monoisotopic (exact) mass is 392 g/mol. The lowest BCUT2D eigenvalue weighted by molar-refractivity contribution is -0.139. The normalized spacial score (nSPS) is 14.1. The van der Waals surface area contributed by atoms with E-state index in [1.165, 1.54) is 16.7 Å². The number of amides is 2. The van der Waals surface area contributed by atoms with Crippen molar-refractivity contribution in [1.29, 1.82) is 0 Å². The molecule has 1 fully saturated rings. The van der Waals surface area contributed by atoms with Crippen LogP contribution in [-0.4, -0.2) is 47.8 Å². The van der Waals surface area contributed by atoms with Gasteiger partial charge in [-0.3, -0.25) is 9.59 Å². The van der Waals surface area contributed by atoms with Gasteiger partial charge >= 0.3 is 0 Å². The standard InChI is InChI=1S/C25H32N2O2/c1-21-13-15-23(16-14-21)10-6-12-25(29)27-19-17-26(18-20-27)24(28)11-5-9-22-7-3-2-4-8-22/h2-4,7-8,13-16H,5-6,9-12,17-20H2,1H3. The van der Waals surface area contributed by atoms with Gasteiger partial charge in [-0.05, 0) is 43.7 Å². The lowest BCUT2D eigenvalue weighted by Crippen LogP contribution is -2.50. The minimum absolute atomic E-state index is 0.215. The van der Waals surface area contributed by atoms with E-state index in [-0.39, 0.29) is 11.8 Å². The van der Waals surface area contributed by atoms with Crippen LogP contribution in [0.25, 0.3) is 0 Å². The zero-order chi connectivity index (χ0) is 20.5. The summed E-state index contributed by atoms with van der Waals surface area (Å²) in [4.78, 5) is 28.7. The first-order valence-electron chi connectivity index (χ1n) is 10.8. The van der Waals surface area contributed by atoms with Crippen molar-refractivity contribution >= 4 is 11.8 Å². The van der Waals surface area contributed by atoms with Crippen LogP contribution in [0.5, 0.6) is 0 Å². The smallest absolute Gasteiger partial charge is 0.222 e. The van der Waals surface area contributed by atoms with E-state index in [1.807, 2.05) is 28.0 Å². The van der Waals surface area contributed by atoms with Gasteiger partial charge in [0.05, 0.1) is 0 Å². The van der Waals surface area contributed by atoms with E-state index < -0.39 is 0 Å². The maximum absolute atomic E-state index is 12.5. The molecule has 29 heavy (non-hydrogen) atoms. The van der Waals surface area contributed by atoms with Crippen LogP contribution in [0.3, 0.4) is 0 Å². The molecular formula is C25H32N2O2. The lowest BCUT2D eigenvalue weighted by Gasteiger charge is -2.35. The van der Waals surface area contributed by atoms with Gasteiger partial charge in [-0.2, -0.15) is 0 Å². The summed E-state index contributed by atoms with van der Waals surface area (Å²) in [7, 11) is 0. The Morgan fingerprint density at radius 1 is 0.690 bits per heavy atom. The highest BCUT2D eigenvalue weighted by molar-refractivity contribution is 5.78. The molecule has 1 aliphatic heterocycles. The molecule has 0 unspecified atom stereocenters. The fourth-order valence-corrected chi connectivity index (χ4v) is 3.81. The molecule has 2 amide bonds. The first kappa shape index (κ1) is 21.1. The minimum Gasteiger partial charge on any atom is -0.339 e. The predicted octanol–water partition coefficient (Wildman–Crippen LogP) is 4.01. The summed E-state index contributed by atoms with van der Waals surface area (Å²) in [5.41, 5.74) is 3.83. The molecule has 0 aliphatic carbocycles. The molecule has 3 rings (SSSR count). The van der Waals surface area contributed by atoms with E-state index in [9.17, 15) is 9.59 Å². The molecule has 1 aliphatic rings. The summed E-state index contributed by atoms with van der Waals surface area (Å²) in [5, 5.41) is 0. The van der Waals surface area contributed by atoms with Crippen LogP contribution in [-0.2, 0) is 22.4 Å². The number of hydrogen-bond donors (Lipinski definition) is 0. The Morgan fingerprint density at radius 2 is 1.14 bits per heavy atom. The van der Waals surface area contributed by atoms with Gasteiger partial charge in [-0.1, -0.05) is 60.2 Å². The molecule has 2 aromatic rings. The molecule has 1 heterocycles. The van der Waals surface area contributed by atoms with E-state index in [0.717, 1.165) is 25.7 Å². The third-order valence-corrected chi connectivity index (χ3v) is 5.66. The number of carbonyl (C=O) groups is 2.